The Hall–Kier alpha value is -1.01. The monoisotopic (exact) mass is 183 g/mol. The van der Waals surface area contributed by atoms with E-state index in [9.17, 15) is 5.11 Å². The summed E-state index contributed by atoms with van der Waals surface area (Å²) in [6, 6.07) is 0. The Morgan fingerprint density at radius 1 is 1.62 bits per heavy atom. The lowest BCUT2D eigenvalue weighted by atomic mass is 10.3. The van der Waals surface area contributed by atoms with Gasteiger partial charge < -0.3 is 5.11 Å². The summed E-state index contributed by atoms with van der Waals surface area (Å²) in [6.45, 7) is 2.32. The molecular formula is C7H13N5O. The lowest BCUT2D eigenvalue weighted by Crippen LogP contribution is -2.22. The molecule has 1 fully saturated rings. The van der Waals surface area contributed by atoms with Gasteiger partial charge in [0.25, 0.3) is 0 Å². The SMILES string of the molecule is Cn1nnc(CN2CCC(O)C2)n1. The van der Waals surface area contributed by atoms with E-state index >= 15 is 0 Å². The van der Waals surface area contributed by atoms with Crippen LogP contribution in [0.4, 0.5) is 0 Å². The first-order chi connectivity index (χ1) is 6.24. The van der Waals surface area contributed by atoms with Gasteiger partial charge in [-0.1, -0.05) is 0 Å². The molecule has 1 aromatic rings. The fourth-order valence-electron chi connectivity index (χ4n) is 1.54. The fourth-order valence-corrected chi connectivity index (χ4v) is 1.54. The second-order valence-corrected chi connectivity index (χ2v) is 3.37. The molecule has 1 atom stereocenters. The molecule has 2 heterocycles. The third-order valence-electron chi connectivity index (χ3n) is 2.16. The van der Waals surface area contributed by atoms with E-state index in [2.05, 4.69) is 20.3 Å². The van der Waals surface area contributed by atoms with Crippen molar-refractivity contribution in [1.29, 1.82) is 0 Å². The Bertz CT molecular complexity index is 286. The Morgan fingerprint density at radius 2 is 2.46 bits per heavy atom. The summed E-state index contributed by atoms with van der Waals surface area (Å²) in [5, 5.41) is 21.0. The number of likely N-dealkylation sites (tertiary alicyclic amines) is 1. The number of aryl methyl sites for hydroxylation is 1. The molecule has 72 valence electrons. The van der Waals surface area contributed by atoms with Gasteiger partial charge in [-0.25, -0.2) is 0 Å². The highest BCUT2D eigenvalue weighted by Crippen LogP contribution is 2.10. The van der Waals surface area contributed by atoms with Crippen molar-refractivity contribution in [3.63, 3.8) is 0 Å². The predicted octanol–water partition coefficient (Wildman–Crippen LogP) is -1.22. The van der Waals surface area contributed by atoms with Crippen molar-refractivity contribution in [2.75, 3.05) is 13.1 Å². The van der Waals surface area contributed by atoms with E-state index in [0.29, 0.717) is 6.54 Å². The number of hydrogen-bond donors (Lipinski definition) is 1. The molecule has 1 N–H and O–H groups in total. The summed E-state index contributed by atoms with van der Waals surface area (Å²) in [6.07, 6.45) is 0.664. The van der Waals surface area contributed by atoms with E-state index in [1.54, 1.807) is 7.05 Å². The second-order valence-electron chi connectivity index (χ2n) is 3.37. The zero-order valence-electron chi connectivity index (χ0n) is 7.59. The standard InChI is InChI=1S/C7H13N5O/c1-11-9-7(8-10-11)5-12-3-2-6(13)4-12/h6,13H,2-5H2,1H3. The first-order valence-electron chi connectivity index (χ1n) is 4.37. The highest BCUT2D eigenvalue weighted by Gasteiger charge is 2.21. The van der Waals surface area contributed by atoms with E-state index < -0.39 is 0 Å². The van der Waals surface area contributed by atoms with Crippen LogP contribution in [0.5, 0.6) is 0 Å². The van der Waals surface area contributed by atoms with Crippen LogP contribution in [0.1, 0.15) is 12.2 Å². The van der Waals surface area contributed by atoms with Gasteiger partial charge in [0, 0.05) is 13.1 Å². The molecule has 1 aromatic heterocycles. The molecular weight excluding hydrogens is 170 g/mol. The Kier molecular flexibility index (Phi) is 2.24. The number of aliphatic hydroxyl groups is 1. The van der Waals surface area contributed by atoms with E-state index in [1.807, 2.05) is 0 Å². The van der Waals surface area contributed by atoms with Gasteiger partial charge >= 0.3 is 0 Å². The van der Waals surface area contributed by atoms with Gasteiger partial charge in [0.2, 0.25) is 0 Å². The van der Waals surface area contributed by atoms with Crippen LogP contribution in [0.15, 0.2) is 0 Å². The Labute approximate surface area is 76.2 Å². The molecule has 0 bridgehead atoms. The smallest absolute Gasteiger partial charge is 0.188 e. The van der Waals surface area contributed by atoms with Crippen LogP contribution in [-0.4, -0.2) is 49.4 Å². The van der Waals surface area contributed by atoms with Gasteiger partial charge in [-0.05, 0) is 11.6 Å². The Balaban J connectivity index is 1.91. The quantitative estimate of drug-likeness (QED) is 0.622. The van der Waals surface area contributed by atoms with E-state index in [-0.39, 0.29) is 6.10 Å². The van der Waals surface area contributed by atoms with Crippen LogP contribution < -0.4 is 0 Å². The van der Waals surface area contributed by atoms with Gasteiger partial charge in [-0.3, -0.25) is 4.90 Å². The first kappa shape index (κ1) is 8.58. The molecule has 6 nitrogen and oxygen atoms in total. The maximum atomic E-state index is 9.28. The van der Waals surface area contributed by atoms with Crippen LogP contribution in [0.2, 0.25) is 0 Å². The third kappa shape index (κ3) is 2.02. The highest BCUT2D eigenvalue weighted by molar-refractivity contribution is 4.82. The number of aromatic nitrogens is 4. The summed E-state index contributed by atoms with van der Waals surface area (Å²) in [4.78, 5) is 3.57. The molecule has 0 radical (unpaired) electrons. The molecule has 1 aliphatic heterocycles. The van der Waals surface area contributed by atoms with Gasteiger partial charge in [-0.15, -0.1) is 10.2 Å². The van der Waals surface area contributed by atoms with Gasteiger partial charge in [0.1, 0.15) is 0 Å². The number of nitrogens with zero attached hydrogens (tertiary/aromatic N) is 5. The predicted molar refractivity (Wildman–Crippen MR) is 44.7 cm³/mol. The lowest BCUT2D eigenvalue weighted by molar-refractivity contribution is 0.174. The zero-order chi connectivity index (χ0) is 9.26. The van der Waals surface area contributed by atoms with Crippen molar-refractivity contribution in [2.24, 2.45) is 7.05 Å². The van der Waals surface area contributed by atoms with E-state index in [4.69, 9.17) is 0 Å². The highest BCUT2D eigenvalue weighted by atomic mass is 16.3. The van der Waals surface area contributed by atoms with Crippen LogP contribution in [0.25, 0.3) is 0 Å². The van der Waals surface area contributed by atoms with E-state index in [1.165, 1.54) is 4.80 Å². The molecule has 13 heavy (non-hydrogen) atoms. The summed E-state index contributed by atoms with van der Waals surface area (Å²) >= 11 is 0. The number of tetrazole rings is 1. The van der Waals surface area contributed by atoms with Crippen LogP contribution >= 0.6 is 0 Å². The first-order valence-corrected chi connectivity index (χ1v) is 4.37. The number of hydrogen-bond acceptors (Lipinski definition) is 5. The van der Waals surface area contributed by atoms with Crippen LogP contribution in [-0.2, 0) is 13.6 Å². The van der Waals surface area contributed by atoms with E-state index in [0.717, 1.165) is 25.3 Å². The number of β-amino-alcohol motifs (C(OH)–C–C–N with tert-alkyl or cyclic N) is 1. The number of aliphatic hydroxyl groups excluding tert-OH is 1. The molecule has 2 rings (SSSR count). The second kappa shape index (κ2) is 3.39. The van der Waals surface area contributed by atoms with Crippen molar-refractivity contribution in [1.82, 2.24) is 25.1 Å². The molecule has 1 aliphatic rings. The number of rotatable bonds is 2. The van der Waals surface area contributed by atoms with Crippen molar-refractivity contribution < 1.29 is 5.11 Å². The maximum Gasteiger partial charge on any atom is 0.188 e. The van der Waals surface area contributed by atoms with Crippen molar-refractivity contribution >= 4 is 0 Å². The van der Waals surface area contributed by atoms with Crippen LogP contribution in [0, 0.1) is 0 Å². The average Bonchev–Trinajstić information content (AvgIpc) is 2.62. The van der Waals surface area contributed by atoms with Crippen molar-refractivity contribution in [2.45, 2.75) is 19.1 Å². The third-order valence-corrected chi connectivity index (χ3v) is 2.16. The maximum absolute atomic E-state index is 9.28. The summed E-state index contributed by atoms with van der Waals surface area (Å²) in [5.74, 6) is 0.719. The van der Waals surface area contributed by atoms with Crippen molar-refractivity contribution in [3.05, 3.63) is 5.82 Å². The summed E-state index contributed by atoms with van der Waals surface area (Å²) in [7, 11) is 1.75. The molecule has 0 aromatic carbocycles. The molecule has 1 unspecified atom stereocenters. The molecule has 0 aliphatic carbocycles. The normalized spacial score (nSPS) is 24.0. The molecule has 6 heteroatoms. The average molecular weight is 183 g/mol. The lowest BCUT2D eigenvalue weighted by Gasteiger charge is -2.10. The van der Waals surface area contributed by atoms with Gasteiger partial charge in [0.05, 0.1) is 19.7 Å². The Morgan fingerprint density at radius 3 is 3.00 bits per heavy atom. The van der Waals surface area contributed by atoms with Crippen LogP contribution in [0.3, 0.4) is 0 Å². The summed E-state index contributed by atoms with van der Waals surface area (Å²) in [5.41, 5.74) is 0. The largest absolute Gasteiger partial charge is 0.392 e. The topological polar surface area (TPSA) is 67.1 Å². The van der Waals surface area contributed by atoms with Gasteiger partial charge in [-0.2, -0.15) is 4.80 Å². The van der Waals surface area contributed by atoms with Crippen molar-refractivity contribution in [3.8, 4) is 0 Å². The summed E-state index contributed by atoms with van der Waals surface area (Å²) < 4.78 is 0. The van der Waals surface area contributed by atoms with Gasteiger partial charge in [0.15, 0.2) is 5.82 Å². The molecule has 0 amide bonds. The molecule has 1 saturated heterocycles. The fraction of sp³-hybridized carbons (Fsp3) is 0.857. The minimum Gasteiger partial charge on any atom is -0.392 e. The molecule has 0 saturated carbocycles. The molecule has 0 spiro atoms. The zero-order valence-corrected chi connectivity index (χ0v) is 7.59. The minimum absolute atomic E-state index is 0.184. The minimum atomic E-state index is -0.184.